The fraction of sp³-hybridized carbons (Fsp3) is 0.312. The summed E-state index contributed by atoms with van der Waals surface area (Å²) >= 11 is 1.14. The molecule has 1 aliphatic rings. The molecular weight excluding hydrogens is 326 g/mol. The normalized spacial score (nSPS) is 20.5. The number of benzene rings is 1. The number of hydrogen-bond acceptors (Lipinski definition) is 7. The number of likely N-dealkylation sites (tertiary alicyclic amines) is 1. The molecular formula is C16H15N5O2S. The molecule has 24 heavy (non-hydrogen) atoms. The van der Waals surface area contributed by atoms with Crippen molar-refractivity contribution in [2.45, 2.75) is 18.8 Å². The fourth-order valence-corrected chi connectivity index (χ4v) is 3.81. The van der Waals surface area contributed by atoms with Crippen molar-refractivity contribution in [1.82, 2.24) is 24.6 Å². The Morgan fingerprint density at radius 2 is 2.04 bits per heavy atom. The second-order valence-electron chi connectivity index (χ2n) is 5.81. The summed E-state index contributed by atoms with van der Waals surface area (Å²) in [5.41, 5.74) is 1.84. The van der Waals surface area contributed by atoms with Crippen molar-refractivity contribution < 1.29 is 9.32 Å². The van der Waals surface area contributed by atoms with Crippen molar-refractivity contribution in [2.75, 3.05) is 13.1 Å². The third-order valence-electron chi connectivity index (χ3n) is 4.39. The van der Waals surface area contributed by atoms with E-state index in [9.17, 15) is 4.79 Å². The first-order valence-corrected chi connectivity index (χ1v) is 8.41. The van der Waals surface area contributed by atoms with Gasteiger partial charge in [-0.15, -0.1) is 5.10 Å². The van der Waals surface area contributed by atoms with Gasteiger partial charge in [-0.05, 0) is 24.0 Å². The van der Waals surface area contributed by atoms with Crippen molar-refractivity contribution in [2.24, 2.45) is 0 Å². The number of hydrogen-bond donors (Lipinski definition) is 0. The van der Waals surface area contributed by atoms with Gasteiger partial charge in [-0.25, -0.2) is 0 Å². The predicted molar refractivity (Wildman–Crippen MR) is 86.8 cm³/mol. The lowest BCUT2D eigenvalue weighted by Crippen LogP contribution is -2.28. The van der Waals surface area contributed by atoms with Crippen molar-refractivity contribution in [3.8, 4) is 0 Å². The Morgan fingerprint density at radius 3 is 2.71 bits per heavy atom. The lowest BCUT2D eigenvalue weighted by molar-refractivity contribution is 0.0792. The SMILES string of the molecule is Cc1nnsc1C(=O)N1C[C@H](c2ccccc2)[C@@H](c2ncon2)C1. The van der Waals surface area contributed by atoms with E-state index in [2.05, 4.69) is 31.9 Å². The molecule has 1 saturated heterocycles. The monoisotopic (exact) mass is 341 g/mol. The highest BCUT2D eigenvalue weighted by Gasteiger charge is 2.40. The maximum atomic E-state index is 12.8. The Bertz CT molecular complexity index is 833. The van der Waals surface area contributed by atoms with Gasteiger partial charge in [-0.3, -0.25) is 4.79 Å². The number of rotatable bonds is 3. The Balaban J connectivity index is 1.66. The molecule has 0 aliphatic carbocycles. The summed E-state index contributed by atoms with van der Waals surface area (Å²) in [6.07, 6.45) is 1.33. The van der Waals surface area contributed by atoms with Crippen molar-refractivity contribution in [1.29, 1.82) is 0 Å². The van der Waals surface area contributed by atoms with Crippen molar-refractivity contribution in [3.63, 3.8) is 0 Å². The third kappa shape index (κ3) is 2.58. The predicted octanol–water partition coefficient (Wildman–Crippen LogP) is 2.25. The number of carbonyl (C=O) groups excluding carboxylic acids is 1. The van der Waals surface area contributed by atoms with E-state index in [1.165, 1.54) is 12.0 Å². The number of aromatic nitrogens is 4. The second kappa shape index (κ2) is 6.12. The van der Waals surface area contributed by atoms with Gasteiger partial charge in [0.2, 0.25) is 6.39 Å². The molecule has 8 heteroatoms. The first kappa shape index (κ1) is 14.9. The molecule has 3 heterocycles. The van der Waals surface area contributed by atoms with Crippen LogP contribution in [0.4, 0.5) is 0 Å². The van der Waals surface area contributed by atoms with Crippen LogP contribution in [0.1, 0.15) is 38.6 Å². The van der Waals surface area contributed by atoms with Crippen LogP contribution in [0.15, 0.2) is 41.2 Å². The highest BCUT2D eigenvalue weighted by molar-refractivity contribution is 7.07. The maximum Gasteiger partial charge on any atom is 0.267 e. The van der Waals surface area contributed by atoms with Crippen LogP contribution in [0.25, 0.3) is 0 Å². The molecule has 122 valence electrons. The van der Waals surface area contributed by atoms with Crippen LogP contribution in [-0.2, 0) is 0 Å². The zero-order valence-electron chi connectivity index (χ0n) is 13.0. The zero-order chi connectivity index (χ0) is 16.5. The minimum absolute atomic E-state index is 0.0105. The topological polar surface area (TPSA) is 85.0 Å². The highest BCUT2D eigenvalue weighted by Crippen LogP contribution is 2.39. The van der Waals surface area contributed by atoms with Gasteiger partial charge < -0.3 is 9.42 Å². The molecule has 3 aromatic rings. The average molecular weight is 341 g/mol. The average Bonchev–Trinajstić information content (AvgIpc) is 3.35. The van der Waals surface area contributed by atoms with E-state index < -0.39 is 0 Å². The summed E-state index contributed by atoms with van der Waals surface area (Å²) in [5, 5.41) is 7.94. The van der Waals surface area contributed by atoms with Crippen LogP contribution < -0.4 is 0 Å². The van der Waals surface area contributed by atoms with E-state index in [0.29, 0.717) is 29.5 Å². The molecule has 1 aromatic carbocycles. The molecule has 0 N–H and O–H groups in total. The molecule has 0 radical (unpaired) electrons. The van der Waals surface area contributed by atoms with E-state index >= 15 is 0 Å². The van der Waals surface area contributed by atoms with Crippen LogP contribution in [-0.4, -0.2) is 43.6 Å². The summed E-state index contributed by atoms with van der Waals surface area (Å²) in [6, 6.07) is 10.1. The minimum Gasteiger partial charge on any atom is -0.343 e. The molecule has 1 fully saturated rings. The van der Waals surface area contributed by atoms with Crippen LogP contribution in [0.5, 0.6) is 0 Å². The summed E-state index contributed by atoms with van der Waals surface area (Å²) in [6.45, 7) is 2.97. The Morgan fingerprint density at radius 1 is 1.25 bits per heavy atom. The molecule has 2 aromatic heterocycles. The Labute approximate surface area is 142 Å². The second-order valence-corrected chi connectivity index (χ2v) is 6.56. The molecule has 0 unspecified atom stereocenters. The van der Waals surface area contributed by atoms with Gasteiger partial charge in [-0.2, -0.15) is 4.98 Å². The largest absolute Gasteiger partial charge is 0.343 e. The molecule has 4 rings (SSSR count). The third-order valence-corrected chi connectivity index (χ3v) is 5.21. The summed E-state index contributed by atoms with van der Waals surface area (Å²) in [4.78, 5) is 19.5. The van der Waals surface area contributed by atoms with Gasteiger partial charge >= 0.3 is 0 Å². The van der Waals surface area contributed by atoms with Gasteiger partial charge in [0.1, 0.15) is 4.88 Å². The zero-order valence-corrected chi connectivity index (χ0v) is 13.8. The summed E-state index contributed by atoms with van der Waals surface area (Å²) in [7, 11) is 0. The van der Waals surface area contributed by atoms with Crippen LogP contribution in [0.2, 0.25) is 0 Å². The molecule has 0 saturated carbocycles. The van der Waals surface area contributed by atoms with Crippen molar-refractivity contribution >= 4 is 17.4 Å². The van der Waals surface area contributed by atoms with Gasteiger partial charge in [0.15, 0.2) is 5.82 Å². The first-order chi connectivity index (χ1) is 11.7. The summed E-state index contributed by atoms with van der Waals surface area (Å²) < 4.78 is 8.78. The van der Waals surface area contributed by atoms with Gasteiger partial charge in [0.05, 0.1) is 5.69 Å². The molecule has 0 spiro atoms. The number of aryl methyl sites for hydroxylation is 1. The molecule has 0 bridgehead atoms. The Hall–Kier alpha value is -2.61. The van der Waals surface area contributed by atoms with Crippen LogP contribution >= 0.6 is 11.5 Å². The highest BCUT2D eigenvalue weighted by atomic mass is 32.1. The quantitative estimate of drug-likeness (QED) is 0.726. The Kier molecular flexibility index (Phi) is 3.81. The van der Waals surface area contributed by atoms with E-state index in [-0.39, 0.29) is 17.7 Å². The number of amides is 1. The molecule has 1 amide bonds. The van der Waals surface area contributed by atoms with Gasteiger partial charge in [0, 0.05) is 24.9 Å². The van der Waals surface area contributed by atoms with E-state index in [4.69, 9.17) is 4.52 Å². The molecule has 7 nitrogen and oxygen atoms in total. The number of carbonyl (C=O) groups is 1. The molecule has 2 atom stereocenters. The van der Waals surface area contributed by atoms with E-state index in [1.54, 1.807) is 6.92 Å². The smallest absolute Gasteiger partial charge is 0.267 e. The van der Waals surface area contributed by atoms with E-state index in [1.807, 2.05) is 23.1 Å². The summed E-state index contributed by atoms with van der Waals surface area (Å²) in [5.74, 6) is 0.748. The van der Waals surface area contributed by atoms with Crippen LogP contribution in [0, 0.1) is 6.92 Å². The van der Waals surface area contributed by atoms with Gasteiger partial charge in [0.25, 0.3) is 5.91 Å². The lowest BCUT2D eigenvalue weighted by Gasteiger charge is -2.15. The van der Waals surface area contributed by atoms with Gasteiger partial charge in [-0.1, -0.05) is 40.0 Å². The number of nitrogens with zero attached hydrogens (tertiary/aromatic N) is 5. The standard InChI is InChI=1S/C16H15N5O2S/c1-10-14(24-20-18-10)16(22)21-7-12(11-5-3-2-4-6-11)13(8-21)15-17-9-23-19-15/h2-6,9,12-13H,7-8H2,1H3/t12-,13+/m1/s1. The van der Waals surface area contributed by atoms with E-state index in [0.717, 1.165) is 11.5 Å². The maximum absolute atomic E-state index is 12.8. The van der Waals surface area contributed by atoms with Crippen LogP contribution in [0.3, 0.4) is 0 Å². The molecule has 1 aliphatic heterocycles. The minimum atomic E-state index is -0.0329. The van der Waals surface area contributed by atoms with Crippen molar-refractivity contribution in [3.05, 3.63) is 58.7 Å². The lowest BCUT2D eigenvalue weighted by atomic mass is 9.88. The first-order valence-electron chi connectivity index (χ1n) is 7.63. The fourth-order valence-electron chi connectivity index (χ4n) is 3.18.